The molecule has 0 unspecified atom stereocenters. The Kier molecular flexibility index (Phi) is 5.05. The molecule has 1 atom stereocenters. The molecule has 0 bridgehead atoms. The molecular formula is C18H21N5S2. The summed E-state index contributed by atoms with van der Waals surface area (Å²) in [7, 11) is 0. The summed E-state index contributed by atoms with van der Waals surface area (Å²) in [4.78, 5) is 17.5. The number of thiazole rings is 1. The lowest BCUT2D eigenvalue weighted by Crippen LogP contribution is -2.34. The molecule has 0 radical (unpaired) electrons. The van der Waals surface area contributed by atoms with E-state index >= 15 is 0 Å². The average molecular weight is 372 g/mol. The summed E-state index contributed by atoms with van der Waals surface area (Å²) in [5.74, 6) is 0.688. The molecular weight excluding hydrogens is 350 g/mol. The molecule has 0 amide bonds. The molecule has 3 aromatic rings. The highest BCUT2D eigenvalue weighted by atomic mass is 32.1. The minimum absolute atomic E-state index is 0.578. The summed E-state index contributed by atoms with van der Waals surface area (Å²) >= 11 is 3.31. The summed E-state index contributed by atoms with van der Waals surface area (Å²) in [6.45, 7) is 5.43. The lowest BCUT2D eigenvalue weighted by molar-refractivity contribution is 0.277. The molecule has 1 aliphatic heterocycles. The second kappa shape index (κ2) is 7.59. The van der Waals surface area contributed by atoms with Gasteiger partial charge in [-0.15, -0.1) is 22.7 Å². The minimum atomic E-state index is 0.578. The Balaban J connectivity index is 1.59. The molecule has 4 heterocycles. The zero-order chi connectivity index (χ0) is 17.1. The molecule has 0 aromatic carbocycles. The molecule has 4 rings (SSSR count). The van der Waals surface area contributed by atoms with Crippen molar-refractivity contribution in [1.82, 2.24) is 19.9 Å². The van der Waals surface area contributed by atoms with Gasteiger partial charge in [0.05, 0.1) is 0 Å². The van der Waals surface area contributed by atoms with E-state index in [0.29, 0.717) is 12.0 Å². The first kappa shape index (κ1) is 16.6. The lowest BCUT2D eigenvalue weighted by atomic mass is 10.2. The number of thiophene rings is 1. The van der Waals surface area contributed by atoms with Crippen molar-refractivity contribution < 1.29 is 0 Å². The van der Waals surface area contributed by atoms with E-state index in [1.54, 1.807) is 22.7 Å². The zero-order valence-electron chi connectivity index (χ0n) is 14.2. The van der Waals surface area contributed by atoms with E-state index in [2.05, 4.69) is 44.6 Å². The van der Waals surface area contributed by atoms with Gasteiger partial charge < -0.3 is 5.32 Å². The number of rotatable bonds is 6. The van der Waals surface area contributed by atoms with Crippen LogP contribution in [0.2, 0.25) is 0 Å². The van der Waals surface area contributed by atoms with Crippen LogP contribution in [-0.2, 0) is 0 Å². The van der Waals surface area contributed by atoms with Crippen molar-refractivity contribution in [3.05, 3.63) is 35.3 Å². The van der Waals surface area contributed by atoms with Gasteiger partial charge in [-0.3, -0.25) is 4.90 Å². The van der Waals surface area contributed by atoms with Crippen LogP contribution in [0.25, 0.3) is 21.1 Å². The predicted octanol–water partition coefficient (Wildman–Crippen LogP) is 4.22. The number of hydrogen-bond donors (Lipinski definition) is 1. The van der Waals surface area contributed by atoms with Crippen LogP contribution in [-0.4, -0.2) is 45.5 Å². The van der Waals surface area contributed by atoms with Crippen LogP contribution in [0.1, 0.15) is 19.8 Å². The Morgan fingerprint density at radius 1 is 1.28 bits per heavy atom. The summed E-state index contributed by atoms with van der Waals surface area (Å²) in [6.07, 6.45) is 6.27. The average Bonchev–Trinajstić information content (AvgIpc) is 3.42. The van der Waals surface area contributed by atoms with Crippen LogP contribution in [0.4, 0.5) is 5.95 Å². The molecule has 1 aliphatic rings. The molecule has 1 fully saturated rings. The maximum Gasteiger partial charge on any atom is 0.223 e. The van der Waals surface area contributed by atoms with Crippen molar-refractivity contribution in [2.75, 3.05) is 25.0 Å². The molecule has 5 nitrogen and oxygen atoms in total. The Labute approximate surface area is 155 Å². The minimum Gasteiger partial charge on any atom is -0.353 e. The van der Waals surface area contributed by atoms with E-state index in [1.165, 1.54) is 24.3 Å². The lowest BCUT2D eigenvalue weighted by Gasteiger charge is -2.23. The van der Waals surface area contributed by atoms with Gasteiger partial charge in [-0.2, -0.15) is 0 Å². The third-order valence-corrected chi connectivity index (χ3v) is 6.29. The van der Waals surface area contributed by atoms with Gasteiger partial charge in [0.25, 0.3) is 0 Å². The normalized spacial score (nSPS) is 17.9. The van der Waals surface area contributed by atoms with Crippen LogP contribution in [0.3, 0.4) is 0 Å². The highest BCUT2D eigenvalue weighted by Crippen LogP contribution is 2.34. The Bertz CT molecular complexity index is 801. The molecule has 0 saturated carbocycles. The maximum absolute atomic E-state index is 4.80. The predicted molar refractivity (Wildman–Crippen MR) is 105 cm³/mol. The van der Waals surface area contributed by atoms with E-state index in [-0.39, 0.29) is 0 Å². The van der Waals surface area contributed by atoms with Crippen molar-refractivity contribution in [2.45, 2.75) is 25.8 Å². The van der Waals surface area contributed by atoms with Gasteiger partial charge in [0, 0.05) is 40.8 Å². The molecule has 130 valence electrons. The van der Waals surface area contributed by atoms with Crippen LogP contribution >= 0.6 is 22.7 Å². The van der Waals surface area contributed by atoms with E-state index in [4.69, 9.17) is 4.98 Å². The molecule has 0 aliphatic carbocycles. The van der Waals surface area contributed by atoms with Gasteiger partial charge in [-0.25, -0.2) is 15.0 Å². The first-order valence-corrected chi connectivity index (χ1v) is 10.4. The monoisotopic (exact) mass is 371 g/mol. The van der Waals surface area contributed by atoms with Crippen LogP contribution in [0.5, 0.6) is 0 Å². The fourth-order valence-electron chi connectivity index (χ4n) is 3.33. The number of nitrogens with one attached hydrogen (secondary N) is 1. The fraction of sp³-hybridized carbons (Fsp3) is 0.389. The second-order valence-electron chi connectivity index (χ2n) is 6.08. The Morgan fingerprint density at radius 2 is 2.24 bits per heavy atom. The highest BCUT2D eigenvalue weighted by Gasteiger charge is 2.23. The van der Waals surface area contributed by atoms with Crippen molar-refractivity contribution >= 4 is 28.6 Å². The number of likely N-dealkylation sites (tertiary alicyclic amines) is 1. The number of likely N-dealkylation sites (N-methyl/N-ethyl adjacent to an activating group) is 1. The number of aromatic nitrogens is 3. The molecule has 7 heteroatoms. The molecule has 0 spiro atoms. The van der Waals surface area contributed by atoms with Crippen molar-refractivity contribution in [3.8, 4) is 21.1 Å². The van der Waals surface area contributed by atoms with Gasteiger partial charge in [-0.05, 0) is 37.4 Å². The second-order valence-corrected chi connectivity index (χ2v) is 7.92. The maximum atomic E-state index is 4.80. The summed E-state index contributed by atoms with van der Waals surface area (Å²) in [5, 5.41) is 8.44. The van der Waals surface area contributed by atoms with Crippen LogP contribution < -0.4 is 5.32 Å². The standard InChI is InChI=1S/C18H21N5S2/c1-2-23-8-3-5-13(23)11-20-18-21-12-14(15-6-4-9-24-15)16(22-18)17-19-7-10-25-17/h4,6-7,9-10,12-13H,2-3,5,8,11H2,1H3,(H,20,21,22)/t13-/m1/s1. The topological polar surface area (TPSA) is 53.9 Å². The SMILES string of the molecule is CCN1CCC[C@@H]1CNc1ncc(-c2cccs2)c(-c2nccs2)n1. The van der Waals surface area contributed by atoms with E-state index < -0.39 is 0 Å². The Hall–Kier alpha value is -1.83. The highest BCUT2D eigenvalue weighted by molar-refractivity contribution is 7.14. The molecule has 25 heavy (non-hydrogen) atoms. The number of hydrogen-bond acceptors (Lipinski definition) is 7. The Morgan fingerprint density at radius 3 is 3.00 bits per heavy atom. The van der Waals surface area contributed by atoms with Gasteiger partial charge in [0.15, 0.2) is 0 Å². The number of anilines is 1. The number of nitrogens with zero attached hydrogens (tertiary/aromatic N) is 4. The van der Waals surface area contributed by atoms with Crippen molar-refractivity contribution in [1.29, 1.82) is 0 Å². The fourth-order valence-corrected chi connectivity index (χ4v) is 4.71. The quantitative estimate of drug-likeness (QED) is 0.703. The third kappa shape index (κ3) is 3.58. The molecule has 1 N–H and O–H groups in total. The van der Waals surface area contributed by atoms with Crippen molar-refractivity contribution in [3.63, 3.8) is 0 Å². The van der Waals surface area contributed by atoms with E-state index in [1.807, 2.05) is 17.8 Å². The van der Waals surface area contributed by atoms with Crippen molar-refractivity contribution in [2.24, 2.45) is 0 Å². The largest absolute Gasteiger partial charge is 0.353 e. The van der Waals surface area contributed by atoms with E-state index in [0.717, 1.165) is 29.4 Å². The van der Waals surface area contributed by atoms with Crippen LogP contribution in [0, 0.1) is 0 Å². The van der Waals surface area contributed by atoms with Gasteiger partial charge in [0.1, 0.15) is 10.7 Å². The van der Waals surface area contributed by atoms with E-state index in [9.17, 15) is 0 Å². The van der Waals surface area contributed by atoms with Gasteiger partial charge >= 0.3 is 0 Å². The summed E-state index contributed by atoms with van der Waals surface area (Å²) in [6, 6.07) is 4.73. The third-order valence-electron chi connectivity index (χ3n) is 4.61. The van der Waals surface area contributed by atoms with Gasteiger partial charge in [0.2, 0.25) is 5.95 Å². The summed E-state index contributed by atoms with van der Waals surface area (Å²) in [5.41, 5.74) is 1.96. The summed E-state index contributed by atoms with van der Waals surface area (Å²) < 4.78 is 0. The molecule has 1 saturated heterocycles. The smallest absolute Gasteiger partial charge is 0.223 e. The van der Waals surface area contributed by atoms with Crippen LogP contribution in [0.15, 0.2) is 35.3 Å². The van der Waals surface area contributed by atoms with Gasteiger partial charge in [-0.1, -0.05) is 13.0 Å². The molecule has 3 aromatic heterocycles. The first-order chi connectivity index (χ1) is 12.3. The zero-order valence-corrected chi connectivity index (χ0v) is 15.8. The first-order valence-electron chi connectivity index (χ1n) is 8.64.